The quantitative estimate of drug-likeness (QED) is 0.160. The molecule has 0 saturated carbocycles. The number of para-hydroxylation sites is 1. The van der Waals surface area contributed by atoms with Crippen LogP contribution in [0.4, 0.5) is 0 Å². The molecule has 7 nitrogen and oxygen atoms in total. The Hall–Kier alpha value is -4.30. The van der Waals surface area contributed by atoms with Gasteiger partial charge in [0.25, 0.3) is 5.56 Å². The first-order valence-corrected chi connectivity index (χ1v) is 14.1. The molecule has 42 heavy (non-hydrogen) atoms. The highest BCUT2D eigenvalue weighted by molar-refractivity contribution is 6.32. The van der Waals surface area contributed by atoms with Crippen LogP contribution in [0.2, 0.25) is 15.1 Å². The maximum atomic E-state index is 13.6. The molecule has 0 spiro atoms. The number of ether oxygens (including phenoxy) is 2. The number of fused-ring (bicyclic) bond motifs is 2. The molecule has 210 valence electrons. The van der Waals surface area contributed by atoms with E-state index in [1.807, 2.05) is 31.2 Å². The van der Waals surface area contributed by atoms with Gasteiger partial charge in [-0.25, -0.2) is 4.98 Å². The number of aromatic nitrogens is 2. The molecular formula is C32H22Cl3N3O4. The first kappa shape index (κ1) is 27.8. The van der Waals surface area contributed by atoms with Gasteiger partial charge in [0.2, 0.25) is 5.82 Å². The summed E-state index contributed by atoms with van der Waals surface area (Å²) in [5.41, 5.74) is 2.15. The molecule has 2 heterocycles. The number of benzene rings is 4. The minimum atomic E-state index is -0.360. The fraction of sp³-hybridized carbons (Fsp3) is 0.0938. The Morgan fingerprint density at radius 2 is 1.74 bits per heavy atom. The highest BCUT2D eigenvalue weighted by Gasteiger charge is 2.18. The van der Waals surface area contributed by atoms with E-state index in [0.29, 0.717) is 61.0 Å². The van der Waals surface area contributed by atoms with E-state index in [0.717, 1.165) is 10.9 Å². The third-order valence-electron chi connectivity index (χ3n) is 6.44. The van der Waals surface area contributed by atoms with E-state index in [-0.39, 0.29) is 18.0 Å². The van der Waals surface area contributed by atoms with Gasteiger partial charge in [0, 0.05) is 21.0 Å². The maximum absolute atomic E-state index is 13.6. The molecule has 0 aliphatic rings. The van der Waals surface area contributed by atoms with Gasteiger partial charge >= 0.3 is 0 Å². The molecule has 0 amide bonds. The van der Waals surface area contributed by atoms with E-state index < -0.39 is 0 Å². The van der Waals surface area contributed by atoms with Gasteiger partial charge in [-0.05, 0) is 67.1 Å². The van der Waals surface area contributed by atoms with Crippen molar-refractivity contribution in [2.24, 2.45) is 5.10 Å². The molecule has 0 aliphatic heterocycles. The third kappa shape index (κ3) is 5.59. The summed E-state index contributed by atoms with van der Waals surface area (Å²) >= 11 is 19.1. The third-order valence-corrected chi connectivity index (χ3v) is 7.32. The van der Waals surface area contributed by atoms with Crippen molar-refractivity contribution in [1.29, 1.82) is 0 Å². The SMILES string of the molecule is CCOc1cc(C=Nn2c(-c3cc4cc(Cl)ccc4o3)nc3ccccc3c2=O)cc(Cl)c1OCc1ccccc1Cl. The fourth-order valence-corrected chi connectivity index (χ4v) is 5.11. The van der Waals surface area contributed by atoms with E-state index in [1.165, 1.54) is 10.9 Å². The van der Waals surface area contributed by atoms with Crippen LogP contribution < -0.4 is 15.0 Å². The molecule has 0 radical (unpaired) electrons. The number of hydrogen-bond donors (Lipinski definition) is 0. The standard InChI is InChI=1S/C32H22Cl3N3O4/c1-2-40-28-14-19(13-25(35)30(28)41-18-20-7-3-5-9-24(20)34)17-36-38-31(37-26-10-6-4-8-23(26)32(38)39)29-16-21-15-22(33)11-12-27(21)42-29/h3-17H,2,18H2,1H3. The van der Waals surface area contributed by atoms with Crippen LogP contribution in [0.3, 0.4) is 0 Å². The molecule has 0 saturated heterocycles. The summed E-state index contributed by atoms with van der Waals surface area (Å²) in [6, 6.07) is 24.9. The van der Waals surface area contributed by atoms with Crippen molar-refractivity contribution >= 4 is 62.9 Å². The molecule has 2 aromatic heterocycles. The van der Waals surface area contributed by atoms with Gasteiger partial charge in [0.1, 0.15) is 12.2 Å². The first-order chi connectivity index (χ1) is 20.4. The maximum Gasteiger partial charge on any atom is 0.282 e. The van der Waals surface area contributed by atoms with Crippen LogP contribution in [0, 0.1) is 0 Å². The molecule has 4 aromatic carbocycles. The largest absolute Gasteiger partial charge is 0.490 e. The van der Waals surface area contributed by atoms with E-state index in [2.05, 4.69) is 5.10 Å². The topological polar surface area (TPSA) is 78.9 Å². The molecule has 0 atom stereocenters. The van der Waals surface area contributed by atoms with Crippen LogP contribution in [0.25, 0.3) is 33.5 Å². The van der Waals surface area contributed by atoms with Gasteiger partial charge in [0.15, 0.2) is 17.3 Å². The molecule has 10 heteroatoms. The Labute approximate surface area is 255 Å². The van der Waals surface area contributed by atoms with Crippen molar-refractivity contribution in [3.8, 4) is 23.1 Å². The lowest BCUT2D eigenvalue weighted by Crippen LogP contribution is -2.20. The zero-order valence-corrected chi connectivity index (χ0v) is 24.5. The zero-order valence-electron chi connectivity index (χ0n) is 22.2. The molecule has 0 bridgehead atoms. The smallest absolute Gasteiger partial charge is 0.282 e. The summed E-state index contributed by atoms with van der Waals surface area (Å²) in [7, 11) is 0. The molecule has 0 fully saturated rings. The van der Waals surface area contributed by atoms with E-state index >= 15 is 0 Å². The van der Waals surface area contributed by atoms with Crippen molar-refractivity contribution < 1.29 is 13.9 Å². The zero-order chi connectivity index (χ0) is 29.2. The highest BCUT2D eigenvalue weighted by atomic mass is 35.5. The van der Waals surface area contributed by atoms with Crippen LogP contribution in [0.15, 0.2) is 99.2 Å². The number of halogens is 3. The van der Waals surface area contributed by atoms with Crippen molar-refractivity contribution in [2.45, 2.75) is 13.5 Å². The number of rotatable bonds is 8. The second-order valence-electron chi connectivity index (χ2n) is 9.25. The molecule has 6 rings (SSSR count). The molecule has 0 unspecified atom stereocenters. The Bertz CT molecular complexity index is 2030. The summed E-state index contributed by atoms with van der Waals surface area (Å²) in [6.07, 6.45) is 1.51. The monoisotopic (exact) mass is 617 g/mol. The normalized spacial score (nSPS) is 11.5. The van der Waals surface area contributed by atoms with Gasteiger partial charge in [-0.2, -0.15) is 9.78 Å². The first-order valence-electron chi connectivity index (χ1n) is 13.0. The van der Waals surface area contributed by atoms with Crippen molar-refractivity contribution in [1.82, 2.24) is 9.66 Å². The second kappa shape index (κ2) is 11.9. The number of hydrogen-bond acceptors (Lipinski definition) is 6. The summed E-state index contributed by atoms with van der Waals surface area (Å²) in [5.74, 6) is 1.40. The van der Waals surface area contributed by atoms with Gasteiger partial charge in [-0.1, -0.05) is 65.1 Å². The lowest BCUT2D eigenvalue weighted by Gasteiger charge is -2.15. The minimum Gasteiger partial charge on any atom is -0.490 e. The average molecular weight is 619 g/mol. The molecular weight excluding hydrogens is 597 g/mol. The number of furan rings is 1. The summed E-state index contributed by atoms with van der Waals surface area (Å²) in [5, 5.41) is 7.18. The Kier molecular flexibility index (Phi) is 7.89. The fourth-order valence-electron chi connectivity index (χ4n) is 4.47. The van der Waals surface area contributed by atoms with Crippen LogP contribution >= 0.6 is 34.8 Å². The van der Waals surface area contributed by atoms with Crippen LogP contribution in [0.5, 0.6) is 11.5 Å². The van der Waals surface area contributed by atoms with Gasteiger partial charge in [-0.15, -0.1) is 0 Å². The lowest BCUT2D eigenvalue weighted by atomic mass is 10.2. The van der Waals surface area contributed by atoms with Crippen LogP contribution in [-0.2, 0) is 6.61 Å². The van der Waals surface area contributed by atoms with Crippen molar-refractivity contribution in [2.75, 3.05) is 6.61 Å². The van der Waals surface area contributed by atoms with Gasteiger partial charge in [-0.3, -0.25) is 4.79 Å². The summed E-state index contributed by atoms with van der Waals surface area (Å²) in [4.78, 5) is 18.3. The van der Waals surface area contributed by atoms with E-state index in [9.17, 15) is 4.79 Å². The van der Waals surface area contributed by atoms with E-state index in [1.54, 1.807) is 60.7 Å². The van der Waals surface area contributed by atoms with Crippen molar-refractivity contribution in [3.05, 3.63) is 121 Å². The average Bonchev–Trinajstić information content (AvgIpc) is 3.40. The summed E-state index contributed by atoms with van der Waals surface area (Å²) < 4.78 is 19.1. The predicted molar refractivity (Wildman–Crippen MR) is 168 cm³/mol. The van der Waals surface area contributed by atoms with Gasteiger partial charge in [0.05, 0.1) is 28.7 Å². The molecule has 6 aromatic rings. The second-order valence-corrected chi connectivity index (χ2v) is 10.5. The van der Waals surface area contributed by atoms with E-state index in [4.69, 9.17) is 53.7 Å². The Morgan fingerprint density at radius 3 is 2.57 bits per heavy atom. The Morgan fingerprint density at radius 1 is 0.929 bits per heavy atom. The lowest BCUT2D eigenvalue weighted by molar-refractivity contribution is 0.269. The Balaban J connectivity index is 1.41. The predicted octanol–water partition coefficient (Wildman–Crippen LogP) is 8.63. The van der Waals surface area contributed by atoms with Crippen molar-refractivity contribution in [3.63, 3.8) is 0 Å². The molecule has 0 N–H and O–H groups in total. The van der Waals surface area contributed by atoms with Crippen LogP contribution in [0.1, 0.15) is 18.1 Å². The van der Waals surface area contributed by atoms with Crippen LogP contribution in [-0.4, -0.2) is 22.5 Å². The highest BCUT2D eigenvalue weighted by Crippen LogP contribution is 2.37. The number of nitrogens with zero attached hydrogens (tertiary/aromatic N) is 3. The summed E-state index contributed by atoms with van der Waals surface area (Å²) in [6.45, 7) is 2.45. The molecule has 0 aliphatic carbocycles. The minimum absolute atomic E-state index is 0.205. The van der Waals surface area contributed by atoms with Gasteiger partial charge < -0.3 is 13.9 Å².